The molecule has 36 heavy (non-hydrogen) atoms. The number of pyridine rings is 1. The first kappa shape index (κ1) is 20.8. The second-order valence-electron chi connectivity index (χ2n) is 8.90. The van der Waals surface area contributed by atoms with Gasteiger partial charge in [-0.15, -0.1) is 0 Å². The maximum absolute atomic E-state index is 13.5. The summed E-state index contributed by atoms with van der Waals surface area (Å²) in [6.07, 6.45) is 2.14. The Labute approximate surface area is 209 Å². The van der Waals surface area contributed by atoms with E-state index < -0.39 is 0 Å². The molecule has 0 radical (unpaired) electrons. The van der Waals surface area contributed by atoms with Crippen LogP contribution in [0.4, 0.5) is 5.69 Å². The van der Waals surface area contributed by atoms with E-state index in [9.17, 15) is 15.2 Å². The summed E-state index contributed by atoms with van der Waals surface area (Å²) in [6.45, 7) is 0.737. The van der Waals surface area contributed by atoms with Gasteiger partial charge in [0, 0.05) is 29.1 Å². The molecular formula is C25H18N6O4S. The maximum Gasteiger partial charge on any atom is 0.336 e. The molecule has 4 aromatic rings. The minimum Gasteiger partial charge on any atom is -0.493 e. The lowest BCUT2D eigenvalue weighted by Gasteiger charge is -2.30. The molecular weight excluding hydrogens is 480 g/mol. The first-order valence-electron chi connectivity index (χ1n) is 11.4. The molecule has 11 heteroatoms. The number of hydrogen-bond acceptors (Lipinski definition) is 7. The number of hydrogen-bond donors (Lipinski definition) is 2. The number of nitrogens with one attached hydrogen (secondary N) is 1. The summed E-state index contributed by atoms with van der Waals surface area (Å²) in [4.78, 5) is 19.8. The Morgan fingerprint density at radius 3 is 2.83 bits per heavy atom. The van der Waals surface area contributed by atoms with E-state index in [1.54, 1.807) is 10.6 Å². The third kappa shape index (κ3) is 2.79. The molecule has 2 aromatic heterocycles. The van der Waals surface area contributed by atoms with Crippen molar-refractivity contribution < 1.29 is 14.6 Å². The molecule has 2 bridgehead atoms. The number of imidazole rings is 1. The second kappa shape index (κ2) is 7.47. The molecule has 2 aromatic carbocycles. The van der Waals surface area contributed by atoms with Gasteiger partial charge in [0.2, 0.25) is 12.7 Å². The van der Waals surface area contributed by atoms with E-state index in [2.05, 4.69) is 16.4 Å². The lowest BCUT2D eigenvalue weighted by atomic mass is 10.1. The number of likely N-dealkylation sites (tertiary alicyclic amines) is 1. The van der Waals surface area contributed by atoms with E-state index in [1.165, 1.54) is 10.8 Å². The summed E-state index contributed by atoms with van der Waals surface area (Å²) in [5.74, 6) is 1.20. The average Bonchev–Trinajstić information content (AvgIpc) is 3.66. The van der Waals surface area contributed by atoms with Crippen LogP contribution in [0.1, 0.15) is 29.9 Å². The Balaban J connectivity index is 1.26. The topological polar surface area (TPSA) is 118 Å². The number of thiocarbonyl (C=S) groups is 1. The number of nitriles is 1. The van der Waals surface area contributed by atoms with Crippen molar-refractivity contribution in [3.05, 3.63) is 70.5 Å². The van der Waals surface area contributed by atoms with Crippen molar-refractivity contribution in [2.24, 2.45) is 0 Å². The largest absolute Gasteiger partial charge is 0.493 e. The SMILES string of the molecule is N#Cc1ncc(-n2c(O)c3n(c2=O)[C@H]2C[C@@H]3N(C(=S)Nc3ccc4c(c3)OCO4)C2)c2ccccc12. The van der Waals surface area contributed by atoms with Gasteiger partial charge >= 0.3 is 5.69 Å². The quantitative estimate of drug-likeness (QED) is 0.402. The van der Waals surface area contributed by atoms with Crippen molar-refractivity contribution >= 4 is 33.8 Å². The average molecular weight is 499 g/mol. The van der Waals surface area contributed by atoms with E-state index in [-0.39, 0.29) is 36.1 Å². The Morgan fingerprint density at radius 2 is 2.00 bits per heavy atom. The molecule has 0 amide bonds. The second-order valence-corrected chi connectivity index (χ2v) is 9.29. The van der Waals surface area contributed by atoms with Crippen LogP contribution in [0.25, 0.3) is 16.5 Å². The number of fused-ring (bicyclic) bond motifs is 7. The number of aromatic hydroxyl groups is 1. The third-order valence-electron chi connectivity index (χ3n) is 7.06. The number of aromatic nitrogens is 3. The molecule has 3 aliphatic heterocycles. The monoisotopic (exact) mass is 498 g/mol. The van der Waals surface area contributed by atoms with Crippen LogP contribution in [0.2, 0.25) is 0 Å². The predicted molar refractivity (Wildman–Crippen MR) is 134 cm³/mol. The van der Waals surface area contributed by atoms with E-state index >= 15 is 0 Å². The fourth-order valence-electron chi connectivity index (χ4n) is 5.50. The molecule has 5 heterocycles. The van der Waals surface area contributed by atoms with Gasteiger partial charge in [-0.1, -0.05) is 24.3 Å². The summed E-state index contributed by atoms with van der Waals surface area (Å²) >= 11 is 5.71. The van der Waals surface area contributed by atoms with Gasteiger partial charge in [0.05, 0.1) is 24.0 Å². The minimum absolute atomic E-state index is 0.126. The lowest BCUT2D eigenvalue weighted by molar-refractivity contribution is 0.174. The Bertz CT molecular complexity index is 1700. The van der Waals surface area contributed by atoms with Gasteiger partial charge in [-0.3, -0.25) is 4.57 Å². The van der Waals surface area contributed by atoms with E-state index in [0.29, 0.717) is 51.7 Å². The Hall–Kier alpha value is -4.56. The molecule has 0 unspecified atom stereocenters. The molecule has 1 fully saturated rings. The fourth-order valence-corrected chi connectivity index (χ4v) is 5.82. The van der Waals surface area contributed by atoms with Gasteiger partial charge in [0.15, 0.2) is 16.6 Å². The highest BCUT2D eigenvalue weighted by Crippen LogP contribution is 2.49. The molecule has 0 spiro atoms. The smallest absolute Gasteiger partial charge is 0.336 e. The van der Waals surface area contributed by atoms with Crippen molar-refractivity contribution in [2.45, 2.75) is 18.5 Å². The predicted octanol–water partition coefficient (Wildman–Crippen LogP) is 3.19. The number of rotatable bonds is 2. The van der Waals surface area contributed by atoms with E-state index in [0.717, 1.165) is 5.69 Å². The first-order chi connectivity index (χ1) is 17.5. The number of anilines is 1. The number of ether oxygens (including phenoxy) is 2. The molecule has 0 aliphatic carbocycles. The molecule has 178 valence electrons. The van der Waals surface area contributed by atoms with Gasteiger partial charge in [-0.2, -0.15) is 5.26 Å². The first-order valence-corrected chi connectivity index (χ1v) is 11.8. The highest BCUT2D eigenvalue weighted by Gasteiger charge is 2.48. The summed E-state index contributed by atoms with van der Waals surface area (Å²) in [5.41, 5.74) is 1.66. The zero-order valence-corrected chi connectivity index (χ0v) is 19.5. The van der Waals surface area contributed by atoms with Crippen molar-refractivity contribution in [1.82, 2.24) is 19.0 Å². The number of nitrogens with zero attached hydrogens (tertiary/aromatic N) is 5. The Morgan fingerprint density at radius 1 is 1.19 bits per heavy atom. The molecule has 7 rings (SSSR count). The molecule has 10 nitrogen and oxygen atoms in total. The third-order valence-corrected chi connectivity index (χ3v) is 7.40. The van der Waals surface area contributed by atoms with E-state index in [4.69, 9.17) is 21.7 Å². The van der Waals surface area contributed by atoms with Crippen LogP contribution in [0.5, 0.6) is 17.4 Å². The van der Waals surface area contributed by atoms with Crippen molar-refractivity contribution in [2.75, 3.05) is 18.7 Å². The van der Waals surface area contributed by atoms with Crippen LogP contribution < -0.4 is 20.5 Å². The van der Waals surface area contributed by atoms with Gasteiger partial charge in [-0.25, -0.2) is 14.3 Å². The van der Waals surface area contributed by atoms with Crippen LogP contribution >= 0.6 is 12.2 Å². The molecule has 1 saturated heterocycles. The fraction of sp³-hybridized carbons (Fsp3) is 0.200. The van der Waals surface area contributed by atoms with Crippen molar-refractivity contribution in [1.29, 1.82) is 5.26 Å². The van der Waals surface area contributed by atoms with Crippen molar-refractivity contribution in [3.8, 4) is 29.1 Å². The summed E-state index contributed by atoms with van der Waals surface area (Å²) < 4.78 is 13.7. The highest BCUT2D eigenvalue weighted by molar-refractivity contribution is 7.80. The highest BCUT2D eigenvalue weighted by atomic mass is 32.1. The van der Waals surface area contributed by atoms with Crippen LogP contribution in [0.15, 0.2) is 53.5 Å². The lowest BCUT2D eigenvalue weighted by Crippen LogP contribution is -2.39. The van der Waals surface area contributed by atoms with Gasteiger partial charge in [0.25, 0.3) is 0 Å². The molecule has 2 N–H and O–H groups in total. The number of benzene rings is 2. The standard InChI is InChI=1S/C25H18N6O4S/c26-9-17-15-3-1-2-4-16(15)19(10-27-17)31-23(32)22-18-8-14(30(22)25(31)33)11-29(18)24(36)28-13-5-6-20-21(7-13)35-12-34-20/h1-7,10,14,18,32H,8,11-12H2,(H,28,36)/t14-,18-/m0/s1. The van der Waals surface area contributed by atoms with Gasteiger partial charge < -0.3 is 24.8 Å². The van der Waals surface area contributed by atoms with Crippen LogP contribution in [-0.2, 0) is 0 Å². The molecule has 3 aliphatic rings. The molecule has 2 atom stereocenters. The summed E-state index contributed by atoms with van der Waals surface area (Å²) in [6, 6.07) is 14.4. The summed E-state index contributed by atoms with van der Waals surface area (Å²) in [5, 5.41) is 25.8. The van der Waals surface area contributed by atoms with Crippen LogP contribution in [0, 0.1) is 11.3 Å². The molecule has 0 saturated carbocycles. The van der Waals surface area contributed by atoms with Crippen molar-refractivity contribution in [3.63, 3.8) is 0 Å². The van der Waals surface area contributed by atoms with E-state index in [1.807, 2.05) is 41.3 Å². The maximum atomic E-state index is 13.5. The van der Waals surface area contributed by atoms with Gasteiger partial charge in [0.1, 0.15) is 17.5 Å². The summed E-state index contributed by atoms with van der Waals surface area (Å²) in [7, 11) is 0. The minimum atomic E-state index is -0.332. The van der Waals surface area contributed by atoms with Crippen LogP contribution in [-0.4, -0.2) is 42.6 Å². The van der Waals surface area contributed by atoms with Crippen LogP contribution in [0.3, 0.4) is 0 Å². The Kier molecular flexibility index (Phi) is 4.31. The normalized spacial score (nSPS) is 18.9. The zero-order chi connectivity index (χ0) is 24.6. The zero-order valence-electron chi connectivity index (χ0n) is 18.7. The van der Waals surface area contributed by atoms with Gasteiger partial charge in [-0.05, 0) is 30.8 Å².